The van der Waals surface area contributed by atoms with Gasteiger partial charge in [0.25, 0.3) is 0 Å². The topological polar surface area (TPSA) is 35.2 Å². The van der Waals surface area contributed by atoms with E-state index in [2.05, 4.69) is 15.9 Å². The minimum Gasteiger partial charge on any atom is -0.497 e. The first kappa shape index (κ1) is 13.8. The SMILES string of the molecule is COc1ccc(Br)c([C@@H](N)C2CCC2)c1.Cl. The number of halogens is 2. The highest BCUT2D eigenvalue weighted by atomic mass is 79.9. The highest BCUT2D eigenvalue weighted by molar-refractivity contribution is 9.10. The van der Waals surface area contributed by atoms with Gasteiger partial charge in [0.05, 0.1) is 7.11 Å². The molecule has 1 saturated carbocycles. The van der Waals surface area contributed by atoms with E-state index < -0.39 is 0 Å². The molecule has 0 saturated heterocycles. The molecule has 1 aromatic carbocycles. The molecule has 2 rings (SSSR count). The van der Waals surface area contributed by atoms with Crippen molar-refractivity contribution in [2.75, 3.05) is 7.11 Å². The molecule has 0 spiro atoms. The Morgan fingerprint density at radius 3 is 2.62 bits per heavy atom. The van der Waals surface area contributed by atoms with Crippen LogP contribution in [0.2, 0.25) is 0 Å². The van der Waals surface area contributed by atoms with E-state index in [9.17, 15) is 0 Å². The number of nitrogens with two attached hydrogens (primary N) is 1. The maximum Gasteiger partial charge on any atom is 0.119 e. The Balaban J connectivity index is 0.00000128. The molecule has 0 aromatic heterocycles. The molecule has 0 amide bonds. The molecule has 1 aromatic rings. The van der Waals surface area contributed by atoms with Crippen molar-refractivity contribution in [1.29, 1.82) is 0 Å². The minimum atomic E-state index is 0. The lowest BCUT2D eigenvalue weighted by Gasteiger charge is -2.32. The van der Waals surface area contributed by atoms with E-state index in [1.165, 1.54) is 24.8 Å². The van der Waals surface area contributed by atoms with Crippen LogP contribution in [0, 0.1) is 5.92 Å². The van der Waals surface area contributed by atoms with Gasteiger partial charge in [-0.15, -0.1) is 12.4 Å². The fraction of sp³-hybridized carbons (Fsp3) is 0.500. The molecule has 2 nitrogen and oxygen atoms in total. The molecule has 4 heteroatoms. The predicted octanol–water partition coefficient (Wildman–Crippen LogP) is 3.68. The Morgan fingerprint density at radius 1 is 1.44 bits per heavy atom. The van der Waals surface area contributed by atoms with Gasteiger partial charge in [0.1, 0.15) is 5.75 Å². The molecule has 1 aliphatic carbocycles. The van der Waals surface area contributed by atoms with Crippen molar-refractivity contribution in [3.05, 3.63) is 28.2 Å². The van der Waals surface area contributed by atoms with Crippen molar-refractivity contribution in [1.82, 2.24) is 0 Å². The Bertz CT molecular complexity index is 355. The van der Waals surface area contributed by atoms with E-state index in [0.717, 1.165) is 10.2 Å². The van der Waals surface area contributed by atoms with Gasteiger partial charge in [0.2, 0.25) is 0 Å². The molecule has 16 heavy (non-hydrogen) atoms. The van der Waals surface area contributed by atoms with Crippen molar-refractivity contribution in [2.45, 2.75) is 25.3 Å². The van der Waals surface area contributed by atoms with E-state index in [1.807, 2.05) is 18.2 Å². The molecule has 1 aliphatic rings. The van der Waals surface area contributed by atoms with Gasteiger partial charge in [-0.3, -0.25) is 0 Å². The molecule has 0 bridgehead atoms. The van der Waals surface area contributed by atoms with Gasteiger partial charge in [-0.2, -0.15) is 0 Å². The van der Waals surface area contributed by atoms with Gasteiger partial charge >= 0.3 is 0 Å². The van der Waals surface area contributed by atoms with Crippen molar-refractivity contribution < 1.29 is 4.74 Å². The van der Waals surface area contributed by atoms with Gasteiger partial charge in [0.15, 0.2) is 0 Å². The van der Waals surface area contributed by atoms with Crippen LogP contribution in [0.3, 0.4) is 0 Å². The van der Waals surface area contributed by atoms with Gasteiger partial charge in [-0.1, -0.05) is 22.4 Å². The van der Waals surface area contributed by atoms with Crippen LogP contribution in [0.5, 0.6) is 5.75 Å². The summed E-state index contributed by atoms with van der Waals surface area (Å²) in [5.41, 5.74) is 7.40. The average Bonchev–Trinajstić information content (AvgIpc) is 2.15. The molecule has 0 unspecified atom stereocenters. The Kier molecular flexibility index (Phi) is 5.09. The van der Waals surface area contributed by atoms with Gasteiger partial charge < -0.3 is 10.5 Å². The molecule has 0 heterocycles. The van der Waals surface area contributed by atoms with Crippen LogP contribution in [0.15, 0.2) is 22.7 Å². The Hall–Kier alpha value is -0.250. The largest absolute Gasteiger partial charge is 0.497 e. The summed E-state index contributed by atoms with van der Waals surface area (Å²) >= 11 is 3.55. The third kappa shape index (κ3) is 2.70. The standard InChI is InChI=1S/C12H16BrNO.ClH/c1-15-9-5-6-11(13)10(7-9)12(14)8-3-2-4-8;/h5-8,12H,2-4,14H2,1H3;1H/t12-;/m0./s1. The lowest BCUT2D eigenvalue weighted by molar-refractivity contribution is 0.263. The monoisotopic (exact) mass is 305 g/mol. The highest BCUT2D eigenvalue weighted by Crippen LogP contribution is 2.39. The quantitative estimate of drug-likeness (QED) is 0.924. The second kappa shape index (κ2) is 5.89. The summed E-state index contributed by atoms with van der Waals surface area (Å²) in [7, 11) is 1.68. The molecular weight excluding hydrogens is 289 g/mol. The molecule has 1 fully saturated rings. The number of hydrogen-bond donors (Lipinski definition) is 1. The normalized spacial score (nSPS) is 17.2. The maximum absolute atomic E-state index is 6.24. The smallest absolute Gasteiger partial charge is 0.119 e. The first-order chi connectivity index (χ1) is 7.22. The van der Waals surface area contributed by atoms with Crippen molar-refractivity contribution in [2.24, 2.45) is 11.7 Å². The second-order valence-electron chi connectivity index (χ2n) is 4.10. The van der Waals surface area contributed by atoms with E-state index >= 15 is 0 Å². The third-order valence-electron chi connectivity index (χ3n) is 3.22. The van der Waals surface area contributed by atoms with Crippen molar-refractivity contribution in [3.8, 4) is 5.75 Å². The summed E-state index contributed by atoms with van der Waals surface area (Å²) < 4.78 is 6.30. The fourth-order valence-corrected chi connectivity index (χ4v) is 2.47. The maximum atomic E-state index is 6.24. The second-order valence-corrected chi connectivity index (χ2v) is 4.96. The van der Waals surface area contributed by atoms with E-state index in [-0.39, 0.29) is 18.4 Å². The Morgan fingerprint density at radius 2 is 2.12 bits per heavy atom. The van der Waals surface area contributed by atoms with Crippen molar-refractivity contribution in [3.63, 3.8) is 0 Å². The van der Waals surface area contributed by atoms with Gasteiger partial charge in [-0.05, 0) is 42.5 Å². The van der Waals surface area contributed by atoms with Crippen LogP contribution in [0.4, 0.5) is 0 Å². The van der Waals surface area contributed by atoms with Crippen LogP contribution < -0.4 is 10.5 Å². The zero-order valence-corrected chi connectivity index (χ0v) is 11.7. The molecule has 0 radical (unpaired) electrons. The summed E-state index contributed by atoms with van der Waals surface area (Å²) in [5, 5.41) is 0. The number of rotatable bonds is 3. The number of hydrogen-bond acceptors (Lipinski definition) is 2. The van der Waals surface area contributed by atoms with Crippen LogP contribution in [0.25, 0.3) is 0 Å². The number of benzene rings is 1. The van der Waals surface area contributed by atoms with Crippen LogP contribution in [-0.2, 0) is 0 Å². The predicted molar refractivity (Wildman–Crippen MR) is 72.2 cm³/mol. The van der Waals surface area contributed by atoms with Crippen LogP contribution in [-0.4, -0.2) is 7.11 Å². The molecule has 1 atom stereocenters. The van der Waals surface area contributed by atoms with Crippen molar-refractivity contribution >= 4 is 28.3 Å². The van der Waals surface area contributed by atoms with E-state index in [0.29, 0.717) is 5.92 Å². The summed E-state index contributed by atoms with van der Waals surface area (Å²) in [5.74, 6) is 1.52. The zero-order valence-electron chi connectivity index (χ0n) is 9.28. The summed E-state index contributed by atoms with van der Waals surface area (Å²) in [6, 6.07) is 6.13. The fourth-order valence-electron chi connectivity index (χ4n) is 1.96. The van der Waals surface area contributed by atoms with Gasteiger partial charge in [0, 0.05) is 10.5 Å². The first-order valence-electron chi connectivity index (χ1n) is 5.31. The summed E-state index contributed by atoms with van der Waals surface area (Å²) in [6.07, 6.45) is 3.83. The molecule has 90 valence electrons. The third-order valence-corrected chi connectivity index (χ3v) is 3.94. The average molecular weight is 307 g/mol. The van der Waals surface area contributed by atoms with Crippen LogP contribution in [0.1, 0.15) is 30.9 Å². The Labute approximate surface area is 111 Å². The summed E-state index contributed by atoms with van der Waals surface area (Å²) in [6.45, 7) is 0. The number of ether oxygens (including phenoxy) is 1. The lowest BCUT2D eigenvalue weighted by Crippen LogP contribution is -2.27. The number of methoxy groups -OCH3 is 1. The van der Waals surface area contributed by atoms with E-state index in [4.69, 9.17) is 10.5 Å². The molecule has 0 aliphatic heterocycles. The highest BCUT2D eigenvalue weighted by Gasteiger charge is 2.26. The summed E-state index contributed by atoms with van der Waals surface area (Å²) in [4.78, 5) is 0. The van der Waals surface area contributed by atoms with Gasteiger partial charge in [-0.25, -0.2) is 0 Å². The minimum absolute atomic E-state index is 0. The van der Waals surface area contributed by atoms with Crippen LogP contribution >= 0.6 is 28.3 Å². The lowest BCUT2D eigenvalue weighted by atomic mass is 9.77. The van der Waals surface area contributed by atoms with E-state index in [1.54, 1.807) is 7.11 Å². The zero-order chi connectivity index (χ0) is 10.8. The molecule has 2 N–H and O–H groups in total. The first-order valence-corrected chi connectivity index (χ1v) is 6.10. The molecular formula is C12H17BrClNO.